The molecule has 0 N–H and O–H groups in total. The minimum atomic E-state index is -2.49. The van der Waals surface area contributed by atoms with Gasteiger partial charge in [0.15, 0.2) is 0 Å². The second-order valence-electron chi connectivity index (χ2n) is 9.11. The van der Waals surface area contributed by atoms with E-state index in [2.05, 4.69) is 67.5 Å². The van der Waals surface area contributed by atoms with Crippen molar-refractivity contribution in [2.24, 2.45) is 0 Å². The van der Waals surface area contributed by atoms with E-state index < -0.39 is 17.1 Å². The van der Waals surface area contributed by atoms with Crippen LogP contribution in [0.2, 0.25) is 22.2 Å². The third-order valence-corrected chi connectivity index (χ3v) is 16.3. The third kappa shape index (κ3) is 4.05. The van der Waals surface area contributed by atoms with Crippen LogP contribution in [-0.2, 0) is 17.7 Å². The third-order valence-electron chi connectivity index (χ3n) is 5.98. The van der Waals surface area contributed by atoms with Crippen LogP contribution in [0.4, 0.5) is 0 Å². The summed E-state index contributed by atoms with van der Waals surface area (Å²) in [7, 11) is -4.93. The molecule has 3 atom stereocenters. The molecule has 6 heteroatoms. The van der Waals surface area contributed by atoms with Gasteiger partial charge in [-0.1, -0.05) is 67.5 Å². The Bertz CT molecular complexity index is 474. The SMILES string of the molecule is C/C=C\[C@H]1C[C@@H]2O[Si](C(C)C)(C(C)C)O[Si](C(C)C)(C(C)C)OC[C@H]2O1. The van der Waals surface area contributed by atoms with Crippen molar-refractivity contribution in [1.29, 1.82) is 0 Å². The van der Waals surface area contributed by atoms with E-state index in [1.165, 1.54) is 0 Å². The Morgan fingerprint density at radius 3 is 1.81 bits per heavy atom. The van der Waals surface area contributed by atoms with Crippen LogP contribution in [0, 0.1) is 0 Å². The van der Waals surface area contributed by atoms with Crippen molar-refractivity contribution in [2.45, 2.75) is 109 Å². The summed E-state index contributed by atoms with van der Waals surface area (Å²) in [5, 5.41) is 0. The monoisotopic (exact) mass is 400 g/mol. The van der Waals surface area contributed by atoms with Gasteiger partial charge in [-0.3, -0.25) is 0 Å². The van der Waals surface area contributed by atoms with Crippen molar-refractivity contribution in [2.75, 3.05) is 6.61 Å². The fourth-order valence-corrected chi connectivity index (χ4v) is 15.7. The lowest BCUT2D eigenvalue weighted by molar-refractivity contribution is -0.0299. The molecule has 4 nitrogen and oxygen atoms in total. The predicted molar refractivity (Wildman–Crippen MR) is 112 cm³/mol. The van der Waals surface area contributed by atoms with Crippen molar-refractivity contribution in [3.63, 3.8) is 0 Å². The molecule has 0 radical (unpaired) electrons. The molecule has 0 unspecified atom stereocenters. The van der Waals surface area contributed by atoms with Gasteiger partial charge in [-0.15, -0.1) is 0 Å². The Kier molecular flexibility index (Phi) is 7.36. The second-order valence-corrected chi connectivity index (χ2v) is 18.0. The maximum absolute atomic E-state index is 7.18. The average Bonchev–Trinajstić information content (AvgIpc) is 2.88. The summed E-state index contributed by atoms with van der Waals surface area (Å²) in [5.41, 5.74) is 1.49. The highest BCUT2D eigenvalue weighted by Gasteiger charge is 2.59. The van der Waals surface area contributed by atoms with E-state index in [4.69, 9.17) is 17.7 Å². The quantitative estimate of drug-likeness (QED) is 0.440. The highest BCUT2D eigenvalue weighted by Crippen LogP contribution is 2.47. The lowest BCUT2D eigenvalue weighted by Crippen LogP contribution is -2.65. The van der Waals surface area contributed by atoms with Gasteiger partial charge in [0.2, 0.25) is 0 Å². The number of hydrogen-bond donors (Lipinski definition) is 0. The standard InChI is InChI=1S/C20H40O4Si2/c1-10-11-18-12-19-20(22-18)13-21-25(14(2)3,15(4)5)24-26(23-19,16(6)7)17(8)9/h10-11,14-20H,12-13H2,1-9H3/b11-10-/t18-,19-,20+/m0/s1. The first kappa shape index (κ1) is 22.3. The van der Waals surface area contributed by atoms with E-state index in [0.29, 0.717) is 28.8 Å². The van der Waals surface area contributed by atoms with Gasteiger partial charge in [0.1, 0.15) is 6.10 Å². The van der Waals surface area contributed by atoms with Crippen molar-refractivity contribution in [3.05, 3.63) is 12.2 Å². The summed E-state index contributed by atoms with van der Waals surface area (Å²) < 4.78 is 27.2. The first-order valence-corrected chi connectivity index (χ1v) is 14.3. The van der Waals surface area contributed by atoms with Gasteiger partial charge in [0, 0.05) is 6.42 Å². The van der Waals surface area contributed by atoms with E-state index in [1.54, 1.807) is 0 Å². The first-order chi connectivity index (χ1) is 12.1. The molecule has 0 saturated carbocycles. The maximum atomic E-state index is 7.18. The van der Waals surface area contributed by atoms with Crippen LogP contribution in [0.25, 0.3) is 0 Å². The smallest absolute Gasteiger partial charge is 0.335 e. The summed E-state index contributed by atoms with van der Waals surface area (Å²) in [6.07, 6.45) is 5.30. The van der Waals surface area contributed by atoms with E-state index in [0.717, 1.165) is 6.42 Å². The van der Waals surface area contributed by atoms with Crippen molar-refractivity contribution < 1.29 is 17.7 Å². The van der Waals surface area contributed by atoms with Gasteiger partial charge < -0.3 is 17.7 Å². The fourth-order valence-electron chi connectivity index (χ4n) is 4.52. The maximum Gasteiger partial charge on any atom is 0.335 e. The summed E-state index contributed by atoms with van der Waals surface area (Å²) in [6.45, 7) is 20.7. The summed E-state index contributed by atoms with van der Waals surface area (Å²) >= 11 is 0. The van der Waals surface area contributed by atoms with Crippen molar-refractivity contribution in [3.8, 4) is 0 Å². The zero-order chi connectivity index (χ0) is 19.7. The topological polar surface area (TPSA) is 36.9 Å². The second kappa shape index (κ2) is 8.58. The van der Waals surface area contributed by atoms with Crippen LogP contribution in [0.3, 0.4) is 0 Å². The Morgan fingerprint density at radius 2 is 1.35 bits per heavy atom. The number of allylic oxidation sites excluding steroid dienone is 1. The highest BCUT2D eigenvalue weighted by atomic mass is 28.5. The Labute approximate surface area is 163 Å². The summed E-state index contributed by atoms with van der Waals surface area (Å²) in [4.78, 5) is 0. The zero-order valence-electron chi connectivity index (χ0n) is 18.2. The molecule has 2 heterocycles. The highest BCUT2D eigenvalue weighted by molar-refractivity contribution is 6.83. The molecule has 0 aromatic rings. The van der Waals surface area contributed by atoms with Crippen LogP contribution in [0.5, 0.6) is 0 Å². The minimum absolute atomic E-state index is 0.00819. The molecule has 2 fully saturated rings. The van der Waals surface area contributed by atoms with Gasteiger partial charge in [0.25, 0.3) is 0 Å². The van der Waals surface area contributed by atoms with Gasteiger partial charge in [-0.05, 0) is 29.1 Å². The predicted octanol–water partition coefficient (Wildman–Crippen LogP) is 5.68. The largest absolute Gasteiger partial charge is 0.414 e. The van der Waals surface area contributed by atoms with Crippen LogP contribution < -0.4 is 0 Å². The molecule has 0 spiro atoms. The number of ether oxygens (including phenoxy) is 1. The Morgan fingerprint density at radius 1 is 0.808 bits per heavy atom. The fraction of sp³-hybridized carbons (Fsp3) is 0.900. The summed E-state index contributed by atoms with van der Waals surface area (Å²) in [6, 6.07) is 0. The van der Waals surface area contributed by atoms with E-state index in [9.17, 15) is 0 Å². The van der Waals surface area contributed by atoms with Crippen LogP contribution in [-0.4, -0.2) is 42.0 Å². The van der Waals surface area contributed by atoms with E-state index in [-0.39, 0.29) is 18.3 Å². The number of hydrogen-bond acceptors (Lipinski definition) is 4. The zero-order valence-corrected chi connectivity index (χ0v) is 20.2. The molecule has 0 aromatic carbocycles. The van der Waals surface area contributed by atoms with Crippen LogP contribution in [0.15, 0.2) is 12.2 Å². The number of rotatable bonds is 5. The molecule has 26 heavy (non-hydrogen) atoms. The van der Waals surface area contributed by atoms with Crippen LogP contribution >= 0.6 is 0 Å². The molecule has 0 bridgehead atoms. The van der Waals surface area contributed by atoms with E-state index >= 15 is 0 Å². The lowest BCUT2D eigenvalue weighted by atomic mass is 10.1. The molecule has 2 aliphatic heterocycles. The molecule has 2 aliphatic rings. The van der Waals surface area contributed by atoms with Gasteiger partial charge in [0.05, 0.1) is 18.8 Å². The molecular formula is C20H40O4Si2. The van der Waals surface area contributed by atoms with Crippen molar-refractivity contribution in [1.82, 2.24) is 0 Å². The Balaban J connectivity index is 2.47. The van der Waals surface area contributed by atoms with Gasteiger partial charge in [-0.25, -0.2) is 0 Å². The molecule has 2 saturated heterocycles. The normalized spacial score (nSPS) is 31.8. The molecule has 0 aromatic heterocycles. The van der Waals surface area contributed by atoms with Gasteiger partial charge >= 0.3 is 17.1 Å². The van der Waals surface area contributed by atoms with Gasteiger partial charge in [-0.2, -0.15) is 0 Å². The summed E-state index contributed by atoms with van der Waals surface area (Å²) in [5.74, 6) is 0. The first-order valence-electron chi connectivity index (χ1n) is 10.4. The Hall–Kier alpha value is 0.0138. The molecular weight excluding hydrogens is 360 g/mol. The van der Waals surface area contributed by atoms with Crippen LogP contribution in [0.1, 0.15) is 68.7 Å². The average molecular weight is 401 g/mol. The molecule has 0 aliphatic carbocycles. The minimum Gasteiger partial charge on any atom is -0.414 e. The lowest BCUT2D eigenvalue weighted by Gasteiger charge is -2.51. The molecule has 152 valence electrons. The molecule has 0 amide bonds. The van der Waals surface area contributed by atoms with Crippen molar-refractivity contribution >= 4 is 17.1 Å². The van der Waals surface area contributed by atoms with E-state index in [1.807, 2.05) is 6.92 Å². The molecule has 2 rings (SSSR count). The number of fused-ring (bicyclic) bond motifs is 1.